The van der Waals surface area contributed by atoms with Crippen LogP contribution in [-0.4, -0.2) is 17.4 Å². The lowest BCUT2D eigenvalue weighted by molar-refractivity contribution is 0.102. The number of amides is 1. The van der Waals surface area contributed by atoms with Crippen LogP contribution in [0.5, 0.6) is 0 Å². The van der Waals surface area contributed by atoms with Crippen molar-refractivity contribution in [1.29, 1.82) is 0 Å². The van der Waals surface area contributed by atoms with Crippen LogP contribution in [-0.2, 0) is 0 Å². The molecule has 0 spiro atoms. The van der Waals surface area contributed by atoms with Gasteiger partial charge in [0.1, 0.15) is 10.7 Å². The molecule has 2 heterocycles. The molecule has 23 heavy (non-hydrogen) atoms. The molecule has 0 bridgehead atoms. The first-order valence-electron chi connectivity index (χ1n) is 8.27. The standard InChI is InChI=1S/C18H23N3OS/c1-3-12(2)13-6-8-14(9-7-13)20-17(22)16-11-23-18(21-16)15-5-4-10-19-15/h6-9,11-12,15,19H,3-5,10H2,1-2H3,(H,20,22). The quantitative estimate of drug-likeness (QED) is 0.858. The Labute approximate surface area is 141 Å². The minimum absolute atomic E-state index is 0.137. The third-order valence-corrected chi connectivity index (χ3v) is 5.42. The highest BCUT2D eigenvalue weighted by molar-refractivity contribution is 7.09. The van der Waals surface area contributed by atoms with Gasteiger partial charge in [0, 0.05) is 11.1 Å². The lowest BCUT2D eigenvalue weighted by Gasteiger charge is -2.10. The summed E-state index contributed by atoms with van der Waals surface area (Å²) in [7, 11) is 0. The van der Waals surface area contributed by atoms with Crippen molar-refractivity contribution in [1.82, 2.24) is 10.3 Å². The average Bonchev–Trinajstić information content (AvgIpc) is 3.25. The molecule has 4 nitrogen and oxygen atoms in total. The fourth-order valence-corrected chi connectivity index (χ4v) is 3.68. The Balaban J connectivity index is 1.64. The predicted molar refractivity (Wildman–Crippen MR) is 95.2 cm³/mol. The summed E-state index contributed by atoms with van der Waals surface area (Å²) in [5.41, 5.74) is 2.62. The van der Waals surface area contributed by atoms with E-state index in [1.165, 1.54) is 12.0 Å². The number of nitrogens with one attached hydrogen (secondary N) is 2. The largest absolute Gasteiger partial charge is 0.321 e. The van der Waals surface area contributed by atoms with Gasteiger partial charge in [0.05, 0.1) is 6.04 Å². The molecule has 2 atom stereocenters. The second-order valence-electron chi connectivity index (χ2n) is 6.11. The Morgan fingerprint density at radius 1 is 1.43 bits per heavy atom. The highest BCUT2D eigenvalue weighted by Gasteiger charge is 2.21. The van der Waals surface area contributed by atoms with E-state index in [-0.39, 0.29) is 5.91 Å². The van der Waals surface area contributed by atoms with Gasteiger partial charge in [-0.2, -0.15) is 0 Å². The Morgan fingerprint density at radius 3 is 2.87 bits per heavy atom. The fourth-order valence-electron chi connectivity index (χ4n) is 2.77. The van der Waals surface area contributed by atoms with E-state index in [0.29, 0.717) is 17.7 Å². The molecule has 1 saturated heterocycles. The van der Waals surface area contributed by atoms with E-state index < -0.39 is 0 Å². The van der Waals surface area contributed by atoms with Gasteiger partial charge in [-0.25, -0.2) is 4.98 Å². The van der Waals surface area contributed by atoms with Gasteiger partial charge in [0.25, 0.3) is 5.91 Å². The van der Waals surface area contributed by atoms with Crippen molar-refractivity contribution in [3.8, 4) is 0 Å². The van der Waals surface area contributed by atoms with E-state index in [2.05, 4.69) is 41.6 Å². The topological polar surface area (TPSA) is 54.0 Å². The lowest BCUT2D eigenvalue weighted by Crippen LogP contribution is -2.15. The van der Waals surface area contributed by atoms with Crippen LogP contribution >= 0.6 is 11.3 Å². The number of hydrogen-bond acceptors (Lipinski definition) is 4. The number of anilines is 1. The van der Waals surface area contributed by atoms with Gasteiger partial charge in [-0.1, -0.05) is 26.0 Å². The van der Waals surface area contributed by atoms with Gasteiger partial charge in [-0.15, -0.1) is 11.3 Å². The number of carbonyl (C=O) groups is 1. The van der Waals surface area contributed by atoms with Crippen LogP contribution in [0.25, 0.3) is 0 Å². The van der Waals surface area contributed by atoms with E-state index in [0.717, 1.165) is 30.1 Å². The normalized spacial score (nSPS) is 18.8. The Morgan fingerprint density at radius 2 is 2.22 bits per heavy atom. The minimum atomic E-state index is -0.137. The van der Waals surface area contributed by atoms with E-state index >= 15 is 0 Å². The second-order valence-corrected chi connectivity index (χ2v) is 7.00. The molecular formula is C18H23N3OS. The van der Waals surface area contributed by atoms with E-state index in [4.69, 9.17) is 0 Å². The molecule has 1 fully saturated rings. The molecule has 3 rings (SSSR count). The second kappa shape index (κ2) is 7.23. The molecular weight excluding hydrogens is 306 g/mol. The molecule has 1 amide bonds. The highest BCUT2D eigenvalue weighted by atomic mass is 32.1. The van der Waals surface area contributed by atoms with Gasteiger partial charge in [-0.3, -0.25) is 4.79 Å². The summed E-state index contributed by atoms with van der Waals surface area (Å²) in [5, 5.41) is 9.20. The summed E-state index contributed by atoms with van der Waals surface area (Å²) in [5.74, 6) is 0.404. The first-order chi connectivity index (χ1) is 11.2. The number of nitrogens with zero attached hydrogens (tertiary/aromatic N) is 1. The Kier molecular flexibility index (Phi) is 5.08. The zero-order chi connectivity index (χ0) is 16.2. The third kappa shape index (κ3) is 3.79. The van der Waals surface area contributed by atoms with E-state index in [1.807, 2.05) is 17.5 Å². The van der Waals surface area contributed by atoms with Crippen molar-refractivity contribution in [2.75, 3.05) is 11.9 Å². The van der Waals surface area contributed by atoms with Crippen LogP contribution in [0.15, 0.2) is 29.6 Å². The molecule has 2 aromatic rings. The summed E-state index contributed by atoms with van der Waals surface area (Å²) < 4.78 is 0. The highest BCUT2D eigenvalue weighted by Crippen LogP contribution is 2.26. The average molecular weight is 329 g/mol. The lowest BCUT2D eigenvalue weighted by atomic mass is 9.99. The molecule has 5 heteroatoms. The number of thiazole rings is 1. The van der Waals surface area contributed by atoms with E-state index in [9.17, 15) is 4.79 Å². The first-order valence-corrected chi connectivity index (χ1v) is 9.15. The van der Waals surface area contributed by atoms with Crippen LogP contribution < -0.4 is 10.6 Å². The molecule has 0 radical (unpaired) electrons. The summed E-state index contributed by atoms with van der Waals surface area (Å²) >= 11 is 1.56. The third-order valence-electron chi connectivity index (χ3n) is 4.46. The van der Waals surface area contributed by atoms with Gasteiger partial charge in [-0.05, 0) is 49.4 Å². The summed E-state index contributed by atoms with van der Waals surface area (Å²) in [6.45, 7) is 5.43. The summed E-state index contributed by atoms with van der Waals surface area (Å²) in [4.78, 5) is 16.8. The zero-order valence-corrected chi connectivity index (χ0v) is 14.5. The van der Waals surface area contributed by atoms with Crippen molar-refractivity contribution in [3.05, 3.63) is 45.9 Å². The van der Waals surface area contributed by atoms with Gasteiger partial charge < -0.3 is 10.6 Å². The molecule has 1 aromatic carbocycles. The summed E-state index contributed by atoms with van der Waals surface area (Å²) in [6, 6.07) is 8.41. The smallest absolute Gasteiger partial charge is 0.275 e. The van der Waals surface area contributed by atoms with Crippen LogP contribution in [0.4, 0.5) is 5.69 Å². The number of rotatable bonds is 5. The molecule has 2 unspecified atom stereocenters. The molecule has 0 saturated carbocycles. The van der Waals surface area contributed by atoms with E-state index in [1.54, 1.807) is 11.3 Å². The summed E-state index contributed by atoms with van der Waals surface area (Å²) in [6.07, 6.45) is 3.39. The van der Waals surface area contributed by atoms with Gasteiger partial charge >= 0.3 is 0 Å². The van der Waals surface area contributed by atoms with Gasteiger partial charge in [0.2, 0.25) is 0 Å². The number of benzene rings is 1. The molecule has 1 aliphatic heterocycles. The molecule has 2 N–H and O–H groups in total. The molecule has 122 valence electrons. The SMILES string of the molecule is CCC(C)c1ccc(NC(=O)c2csc(C3CCCN3)n2)cc1. The number of carbonyl (C=O) groups excluding carboxylic acids is 1. The molecule has 0 aliphatic carbocycles. The maximum atomic E-state index is 12.3. The van der Waals surface area contributed by atoms with Crippen LogP contribution in [0.1, 0.15) is 66.1 Å². The van der Waals surface area contributed by atoms with Crippen molar-refractivity contribution in [2.24, 2.45) is 0 Å². The predicted octanol–water partition coefficient (Wildman–Crippen LogP) is 4.33. The number of aromatic nitrogens is 1. The fraction of sp³-hybridized carbons (Fsp3) is 0.444. The zero-order valence-electron chi connectivity index (χ0n) is 13.6. The maximum Gasteiger partial charge on any atom is 0.275 e. The van der Waals surface area contributed by atoms with Crippen molar-refractivity contribution in [3.63, 3.8) is 0 Å². The Hall–Kier alpha value is -1.72. The Bertz CT molecular complexity index is 659. The van der Waals surface area contributed by atoms with Crippen molar-refractivity contribution >= 4 is 22.9 Å². The van der Waals surface area contributed by atoms with Crippen LogP contribution in [0.2, 0.25) is 0 Å². The number of hydrogen-bond donors (Lipinski definition) is 2. The maximum absolute atomic E-state index is 12.3. The van der Waals surface area contributed by atoms with Crippen LogP contribution in [0, 0.1) is 0 Å². The van der Waals surface area contributed by atoms with Crippen LogP contribution in [0.3, 0.4) is 0 Å². The molecule has 1 aliphatic rings. The molecule has 1 aromatic heterocycles. The first kappa shape index (κ1) is 16.1. The van der Waals surface area contributed by atoms with Crippen molar-refractivity contribution < 1.29 is 4.79 Å². The van der Waals surface area contributed by atoms with Gasteiger partial charge in [0.15, 0.2) is 0 Å². The van der Waals surface area contributed by atoms with Crippen molar-refractivity contribution in [2.45, 2.75) is 45.1 Å². The monoisotopic (exact) mass is 329 g/mol. The minimum Gasteiger partial charge on any atom is -0.321 e.